The predicted octanol–water partition coefficient (Wildman–Crippen LogP) is 3.49. The number of esters is 1. The highest BCUT2D eigenvalue weighted by molar-refractivity contribution is 7.17. The molecule has 11 heteroatoms. The van der Waals surface area contributed by atoms with Crippen molar-refractivity contribution in [2.24, 2.45) is 7.05 Å². The van der Waals surface area contributed by atoms with E-state index < -0.39 is 5.97 Å². The summed E-state index contributed by atoms with van der Waals surface area (Å²) in [7, 11) is 1.65. The van der Waals surface area contributed by atoms with E-state index in [9.17, 15) is 9.59 Å². The lowest BCUT2D eigenvalue weighted by molar-refractivity contribution is 0.0466. The lowest BCUT2D eigenvalue weighted by Crippen LogP contribution is -2.19. The van der Waals surface area contributed by atoms with Gasteiger partial charge in [-0.3, -0.25) is 13.8 Å². The maximum absolute atomic E-state index is 12.7. The van der Waals surface area contributed by atoms with E-state index >= 15 is 0 Å². The van der Waals surface area contributed by atoms with Gasteiger partial charge in [0, 0.05) is 18.0 Å². The molecule has 0 aromatic carbocycles. The summed E-state index contributed by atoms with van der Waals surface area (Å²) < 4.78 is 9.31. The summed E-state index contributed by atoms with van der Waals surface area (Å²) in [5, 5.41) is 14.8. The largest absolute Gasteiger partial charge is 0.453 e. The first-order valence-electron chi connectivity index (χ1n) is 8.52. The van der Waals surface area contributed by atoms with Gasteiger partial charge in [0.1, 0.15) is 14.6 Å². The van der Waals surface area contributed by atoms with Crippen LogP contribution in [0.3, 0.4) is 0 Å². The molecule has 0 aliphatic rings. The maximum atomic E-state index is 12.7. The SMILES string of the molecule is Cc1nc(-c2ccsc2)sc1C(=O)OCc1nnc2n(C)c(=O)c3sccc3n12. The zero-order valence-corrected chi connectivity index (χ0v) is 17.7. The summed E-state index contributed by atoms with van der Waals surface area (Å²) >= 11 is 4.25. The fourth-order valence-electron chi connectivity index (χ4n) is 3.04. The van der Waals surface area contributed by atoms with Crippen LogP contribution in [0, 0.1) is 6.92 Å². The molecule has 0 saturated heterocycles. The standard InChI is InChI=1S/C18H13N5O3S3/c1-9-13(29-15(19-9)10-3-5-27-8-10)17(25)26-7-12-20-21-18-22(2)16(24)14-11(23(12)18)4-6-28-14/h3-6,8H,7H2,1-2H3. The van der Waals surface area contributed by atoms with Crippen molar-refractivity contribution in [3.8, 4) is 10.6 Å². The second-order valence-corrected chi connectivity index (χ2v) is 8.97. The third-order valence-corrected chi connectivity index (χ3v) is 7.24. The van der Waals surface area contributed by atoms with E-state index in [0.29, 0.717) is 32.4 Å². The van der Waals surface area contributed by atoms with Crippen molar-refractivity contribution in [1.29, 1.82) is 0 Å². The third kappa shape index (κ3) is 2.89. The molecule has 0 aliphatic heterocycles. The molecule has 8 nitrogen and oxygen atoms in total. The lowest BCUT2D eigenvalue weighted by Gasteiger charge is -2.05. The Kier molecular flexibility index (Phi) is 4.30. The fraction of sp³-hybridized carbons (Fsp3) is 0.167. The quantitative estimate of drug-likeness (QED) is 0.395. The number of carbonyl (C=O) groups excluding carboxylic acids is 1. The maximum Gasteiger partial charge on any atom is 0.350 e. The molecule has 0 unspecified atom stereocenters. The summed E-state index contributed by atoms with van der Waals surface area (Å²) in [5.74, 6) is 0.401. The number of rotatable bonds is 4. The summed E-state index contributed by atoms with van der Waals surface area (Å²) in [6.45, 7) is 1.73. The van der Waals surface area contributed by atoms with Gasteiger partial charge in [-0.25, -0.2) is 9.78 Å². The first-order chi connectivity index (χ1) is 14.0. The van der Waals surface area contributed by atoms with Crippen LogP contribution >= 0.6 is 34.0 Å². The van der Waals surface area contributed by atoms with E-state index in [-0.39, 0.29) is 12.2 Å². The summed E-state index contributed by atoms with van der Waals surface area (Å²) in [5.41, 5.74) is 2.21. The van der Waals surface area contributed by atoms with E-state index in [0.717, 1.165) is 10.6 Å². The van der Waals surface area contributed by atoms with Gasteiger partial charge in [0.25, 0.3) is 5.56 Å². The van der Waals surface area contributed by atoms with Crippen LogP contribution in [0.1, 0.15) is 21.2 Å². The molecular weight excluding hydrogens is 430 g/mol. The monoisotopic (exact) mass is 443 g/mol. The molecule has 0 spiro atoms. The van der Waals surface area contributed by atoms with Gasteiger partial charge in [-0.05, 0) is 29.8 Å². The van der Waals surface area contributed by atoms with Crippen molar-refractivity contribution >= 4 is 56.0 Å². The van der Waals surface area contributed by atoms with Crippen LogP contribution in [-0.2, 0) is 18.4 Å². The second kappa shape index (κ2) is 6.87. The number of nitrogens with zero attached hydrogens (tertiary/aromatic N) is 5. The highest BCUT2D eigenvalue weighted by Crippen LogP contribution is 2.30. The molecular formula is C18H13N5O3S3. The Morgan fingerprint density at radius 1 is 1.24 bits per heavy atom. The van der Waals surface area contributed by atoms with Crippen LogP contribution in [-0.4, -0.2) is 30.1 Å². The summed E-state index contributed by atoms with van der Waals surface area (Å²) in [6, 6.07) is 3.81. The summed E-state index contributed by atoms with van der Waals surface area (Å²) in [6.07, 6.45) is 0. The number of thiazole rings is 1. The van der Waals surface area contributed by atoms with E-state index in [1.165, 1.54) is 27.2 Å². The van der Waals surface area contributed by atoms with E-state index in [2.05, 4.69) is 15.2 Å². The molecule has 5 aromatic heterocycles. The third-order valence-electron chi connectivity index (χ3n) is 4.48. The second-order valence-electron chi connectivity index (χ2n) is 6.27. The van der Waals surface area contributed by atoms with Crippen LogP contribution in [0.5, 0.6) is 0 Å². The number of hydrogen-bond donors (Lipinski definition) is 0. The Balaban J connectivity index is 1.46. The van der Waals surface area contributed by atoms with Gasteiger partial charge in [0.2, 0.25) is 5.78 Å². The molecule has 0 atom stereocenters. The smallest absolute Gasteiger partial charge is 0.350 e. The molecule has 29 heavy (non-hydrogen) atoms. The van der Waals surface area contributed by atoms with Crippen molar-refractivity contribution in [3.63, 3.8) is 0 Å². The molecule has 0 bridgehead atoms. The van der Waals surface area contributed by atoms with Crippen molar-refractivity contribution in [2.45, 2.75) is 13.5 Å². The number of fused-ring (bicyclic) bond motifs is 3. The Morgan fingerprint density at radius 2 is 2.10 bits per heavy atom. The van der Waals surface area contributed by atoms with Crippen molar-refractivity contribution in [1.82, 2.24) is 24.1 Å². The highest BCUT2D eigenvalue weighted by Gasteiger charge is 2.20. The highest BCUT2D eigenvalue weighted by atomic mass is 32.1. The molecule has 0 aliphatic carbocycles. The number of aromatic nitrogens is 5. The van der Waals surface area contributed by atoms with E-state index in [4.69, 9.17) is 4.74 Å². The minimum atomic E-state index is -0.454. The zero-order chi connectivity index (χ0) is 20.1. The lowest BCUT2D eigenvalue weighted by atomic mass is 10.3. The number of ether oxygens (including phenoxy) is 1. The zero-order valence-electron chi connectivity index (χ0n) is 15.3. The molecule has 0 fully saturated rings. The first kappa shape index (κ1) is 18.2. The molecule has 5 heterocycles. The average molecular weight is 444 g/mol. The van der Waals surface area contributed by atoms with Crippen LogP contribution in [0.2, 0.25) is 0 Å². The Hall–Kier alpha value is -2.89. The van der Waals surface area contributed by atoms with Gasteiger partial charge < -0.3 is 4.74 Å². The number of aryl methyl sites for hydroxylation is 2. The van der Waals surface area contributed by atoms with Gasteiger partial charge in [0.15, 0.2) is 12.4 Å². The van der Waals surface area contributed by atoms with Gasteiger partial charge in [0.05, 0.1) is 11.2 Å². The fourth-order valence-corrected chi connectivity index (χ4v) is 5.56. The predicted molar refractivity (Wildman–Crippen MR) is 113 cm³/mol. The normalized spacial score (nSPS) is 11.5. The minimum Gasteiger partial charge on any atom is -0.453 e. The molecule has 0 saturated carbocycles. The Morgan fingerprint density at radius 3 is 2.90 bits per heavy atom. The molecule has 146 valence electrons. The molecule has 0 radical (unpaired) electrons. The van der Waals surface area contributed by atoms with Gasteiger partial charge in [-0.2, -0.15) is 11.3 Å². The van der Waals surface area contributed by atoms with Gasteiger partial charge >= 0.3 is 5.97 Å². The van der Waals surface area contributed by atoms with Crippen LogP contribution < -0.4 is 5.56 Å². The number of thiophene rings is 2. The summed E-state index contributed by atoms with van der Waals surface area (Å²) in [4.78, 5) is 30.0. The van der Waals surface area contributed by atoms with Crippen LogP contribution in [0.15, 0.2) is 33.1 Å². The number of carbonyl (C=O) groups is 1. The molecule has 5 rings (SSSR count). The minimum absolute atomic E-state index is 0.0612. The topological polar surface area (TPSA) is 91.4 Å². The average Bonchev–Trinajstić information content (AvgIpc) is 3.49. The van der Waals surface area contributed by atoms with Crippen LogP contribution in [0.4, 0.5) is 0 Å². The van der Waals surface area contributed by atoms with Gasteiger partial charge in [-0.1, -0.05) is 0 Å². The van der Waals surface area contributed by atoms with Crippen molar-refractivity contribution < 1.29 is 9.53 Å². The molecule has 0 N–H and O–H groups in total. The molecule has 0 amide bonds. The van der Waals surface area contributed by atoms with Crippen molar-refractivity contribution in [2.75, 3.05) is 0 Å². The van der Waals surface area contributed by atoms with E-state index in [1.54, 1.807) is 29.7 Å². The van der Waals surface area contributed by atoms with E-state index in [1.807, 2.05) is 28.3 Å². The molecule has 5 aromatic rings. The van der Waals surface area contributed by atoms with Gasteiger partial charge in [-0.15, -0.1) is 32.9 Å². The van der Waals surface area contributed by atoms with Crippen molar-refractivity contribution in [3.05, 3.63) is 55.0 Å². The van der Waals surface area contributed by atoms with Crippen LogP contribution in [0.25, 0.3) is 26.6 Å². The Labute approximate surface area is 175 Å². The Bertz CT molecular complexity index is 1420. The number of hydrogen-bond acceptors (Lipinski definition) is 9. The first-order valence-corrected chi connectivity index (χ1v) is 11.2.